The van der Waals surface area contributed by atoms with Crippen molar-refractivity contribution < 1.29 is 14.3 Å². The van der Waals surface area contributed by atoms with Gasteiger partial charge < -0.3 is 19.9 Å². The van der Waals surface area contributed by atoms with Crippen molar-refractivity contribution in [2.24, 2.45) is 0 Å². The summed E-state index contributed by atoms with van der Waals surface area (Å²) in [6.07, 6.45) is 1.98. The van der Waals surface area contributed by atoms with Gasteiger partial charge in [0.25, 0.3) is 0 Å². The van der Waals surface area contributed by atoms with Gasteiger partial charge in [0, 0.05) is 38.1 Å². The maximum absolute atomic E-state index is 12.6. The number of benzene rings is 1. The third kappa shape index (κ3) is 6.24. The quantitative estimate of drug-likeness (QED) is 0.897. The number of ether oxygens (including phenoxy) is 1. The number of urea groups is 1. The monoisotopic (exact) mass is 361 g/mol. The first-order chi connectivity index (χ1) is 12.3. The molecule has 3 amide bonds. The molecule has 6 heteroatoms. The number of aryl methyl sites for hydroxylation is 1. The van der Waals surface area contributed by atoms with Crippen LogP contribution >= 0.6 is 0 Å². The summed E-state index contributed by atoms with van der Waals surface area (Å²) in [6.45, 7) is 8.46. The van der Waals surface area contributed by atoms with Crippen LogP contribution < -0.4 is 10.1 Å². The molecule has 0 aliphatic carbocycles. The average molecular weight is 361 g/mol. The molecular formula is C20H31N3O3. The van der Waals surface area contributed by atoms with E-state index in [0.29, 0.717) is 39.0 Å². The van der Waals surface area contributed by atoms with E-state index < -0.39 is 0 Å². The Morgan fingerprint density at radius 1 is 1.12 bits per heavy atom. The molecule has 0 bridgehead atoms. The van der Waals surface area contributed by atoms with E-state index in [2.05, 4.69) is 5.32 Å². The largest absolute Gasteiger partial charge is 0.497 e. The lowest BCUT2D eigenvalue weighted by molar-refractivity contribution is -0.131. The number of rotatable bonds is 4. The van der Waals surface area contributed by atoms with Gasteiger partial charge in [0.15, 0.2) is 0 Å². The molecule has 1 saturated heterocycles. The molecule has 1 aliphatic heterocycles. The zero-order chi connectivity index (χ0) is 19.2. The van der Waals surface area contributed by atoms with Crippen LogP contribution in [0, 0.1) is 0 Å². The van der Waals surface area contributed by atoms with Crippen molar-refractivity contribution in [1.82, 2.24) is 15.1 Å². The molecule has 0 radical (unpaired) electrons. The molecule has 0 saturated carbocycles. The molecule has 1 aliphatic rings. The molecule has 0 spiro atoms. The number of carbonyl (C=O) groups is 2. The van der Waals surface area contributed by atoms with E-state index in [4.69, 9.17) is 4.74 Å². The van der Waals surface area contributed by atoms with Crippen molar-refractivity contribution in [3.63, 3.8) is 0 Å². The summed E-state index contributed by atoms with van der Waals surface area (Å²) >= 11 is 0. The molecule has 2 rings (SSSR count). The van der Waals surface area contributed by atoms with E-state index in [1.807, 2.05) is 49.9 Å². The van der Waals surface area contributed by atoms with Crippen molar-refractivity contribution in [3.05, 3.63) is 29.8 Å². The summed E-state index contributed by atoms with van der Waals surface area (Å²) < 4.78 is 5.22. The van der Waals surface area contributed by atoms with Gasteiger partial charge in [-0.25, -0.2) is 4.79 Å². The van der Waals surface area contributed by atoms with Crippen molar-refractivity contribution >= 4 is 11.9 Å². The minimum Gasteiger partial charge on any atom is -0.497 e. The van der Waals surface area contributed by atoms with E-state index in [0.717, 1.165) is 17.7 Å². The van der Waals surface area contributed by atoms with Gasteiger partial charge in [-0.1, -0.05) is 12.1 Å². The van der Waals surface area contributed by atoms with Gasteiger partial charge in [-0.15, -0.1) is 0 Å². The van der Waals surface area contributed by atoms with Crippen LogP contribution in [0.4, 0.5) is 4.79 Å². The summed E-state index contributed by atoms with van der Waals surface area (Å²) in [7, 11) is 1.64. The first-order valence-corrected chi connectivity index (χ1v) is 9.26. The third-order valence-corrected chi connectivity index (χ3v) is 4.38. The molecule has 1 heterocycles. The van der Waals surface area contributed by atoms with E-state index in [9.17, 15) is 9.59 Å². The Balaban J connectivity index is 1.84. The van der Waals surface area contributed by atoms with E-state index >= 15 is 0 Å². The Kier molecular flexibility index (Phi) is 6.89. The first-order valence-electron chi connectivity index (χ1n) is 9.26. The van der Waals surface area contributed by atoms with Crippen molar-refractivity contribution in [2.45, 2.75) is 45.6 Å². The number of carbonyl (C=O) groups excluding carboxylic acids is 2. The van der Waals surface area contributed by atoms with Crippen molar-refractivity contribution in [3.8, 4) is 5.75 Å². The summed E-state index contributed by atoms with van der Waals surface area (Å²) in [6, 6.07) is 7.77. The second-order valence-electron chi connectivity index (χ2n) is 7.75. The fourth-order valence-corrected chi connectivity index (χ4v) is 3.01. The number of hydrogen-bond donors (Lipinski definition) is 1. The standard InChI is InChI=1S/C20H31N3O3/c1-20(2,3)21-19(25)23-12-6-11-22(13-14-23)18(24)10-9-16-7-5-8-17(15-16)26-4/h5,7-8,15H,6,9-14H2,1-4H3,(H,21,25). The van der Waals surface area contributed by atoms with Gasteiger partial charge in [0.2, 0.25) is 5.91 Å². The smallest absolute Gasteiger partial charge is 0.317 e. The molecule has 0 atom stereocenters. The summed E-state index contributed by atoms with van der Waals surface area (Å²) in [5.41, 5.74) is 0.842. The summed E-state index contributed by atoms with van der Waals surface area (Å²) in [5, 5.41) is 2.99. The fraction of sp³-hybridized carbons (Fsp3) is 0.600. The van der Waals surface area contributed by atoms with Crippen LogP contribution in [0.5, 0.6) is 5.75 Å². The highest BCUT2D eigenvalue weighted by atomic mass is 16.5. The normalized spacial score (nSPS) is 15.4. The highest BCUT2D eigenvalue weighted by Gasteiger charge is 2.24. The second kappa shape index (κ2) is 8.92. The summed E-state index contributed by atoms with van der Waals surface area (Å²) in [5.74, 6) is 0.955. The Morgan fingerprint density at radius 2 is 1.81 bits per heavy atom. The van der Waals surface area contributed by atoms with Crippen LogP contribution in [0.2, 0.25) is 0 Å². The molecular weight excluding hydrogens is 330 g/mol. The predicted molar refractivity (Wildman–Crippen MR) is 102 cm³/mol. The van der Waals surface area contributed by atoms with Gasteiger partial charge in [0.05, 0.1) is 7.11 Å². The topological polar surface area (TPSA) is 61.9 Å². The zero-order valence-electron chi connectivity index (χ0n) is 16.4. The van der Waals surface area contributed by atoms with Crippen molar-refractivity contribution in [2.75, 3.05) is 33.3 Å². The minimum absolute atomic E-state index is 0.0526. The highest BCUT2D eigenvalue weighted by molar-refractivity contribution is 5.77. The van der Waals surface area contributed by atoms with Gasteiger partial charge in [-0.2, -0.15) is 0 Å². The third-order valence-electron chi connectivity index (χ3n) is 4.38. The van der Waals surface area contributed by atoms with Crippen LogP contribution in [0.25, 0.3) is 0 Å². The molecule has 1 aromatic rings. The first kappa shape index (κ1) is 20.1. The lowest BCUT2D eigenvalue weighted by Crippen LogP contribution is -2.49. The van der Waals surface area contributed by atoms with E-state index in [1.165, 1.54) is 0 Å². The van der Waals surface area contributed by atoms with Gasteiger partial charge >= 0.3 is 6.03 Å². The maximum Gasteiger partial charge on any atom is 0.317 e. The molecule has 1 N–H and O–H groups in total. The number of methoxy groups -OCH3 is 1. The highest BCUT2D eigenvalue weighted by Crippen LogP contribution is 2.15. The Morgan fingerprint density at radius 3 is 2.50 bits per heavy atom. The Labute approximate surface area is 156 Å². The minimum atomic E-state index is -0.254. The predicted octanol–water partition coefficient (Wildman–Crippen LogP) is 2.67. The molecule has 0 unspecified atom stereocenters. The van der Waals surface area contributed by atoms with E-state index in [1.54, 1.807) is 12.0 Å². The Hall–Kier alpha value is -2.24. The van der Waals surface area contributed by atoms with Gasteiger partial charge in [0.1, 0.15) is 5.75 Å². The van der Waals surface area contributed by atoms with Crippen LogP contribution in [-0.2, 0) is 11.2 Å². The number of nitrogens with zero attached hydrogens (tertiary/aromatic N) is 2. The maximum atomic E-state index is 12.6. The van der Waals surface area contributed by atoms with Gasteiger partial charge in [-0.05, 0) is 51.3 Å². The number of amides is 3. The molecule has 26 heavy (non-hydrogen) atoms. The zero-order valence-corrected chi connectivity index (χ0v) is 16.4. The number of hydrogen-bond acceptors (Lipinski definition) is 3. The van der Waals surface area contributed by atoms with Crippen LogP contribution in [-0.4, -0.2) is 60.6 Å². The van der Waals surface area contributed by atoms with Crippen LogP contribution in [0.15, 0.2) is 24.3 Å². The molecule has 0 aromatic heterocycles. The van der Waals surface area contributed by atoms with Crippen molar-refractivity contribution in [1.29, 1.82) is 0 Å². The number of nitrogens with one attached hydrogen (secondary N) is 1. The Bertz CT molecular complexity index is 625. The lowest BCUT2D eigenvalue weighted by Gasteiger charge is -2.27. The van der Waals surface area contributed by atoms with Gasteiger partial charge in [-0.3, -0.25) is 4.79 Å². The van der Waals surface area contributed by atoms with E-state index in [-0.39, 0.29) is 17.5 Å². The van der Waals surface area contributed by atoms with Crippen LogP contribution in [0.3, 0.4) is 0 Å². The molecule has 1 aromatic carbocycles. The van der Waals surface area contributed by atoms with Crippen LogP contribution in [0.1, 0.15) is 39.2 Å². The average Bonchev–Trinajstić information content (AvgIpc) is 2.84. The second-order valence-corrected chi connectivity index (χ2v) is 7.75. The fourth-order valence-electron chi connectivity index (χ4n) is 3.01. The lowest BCUT2D eigenvalue weighted by atomic mass is 10.1. The summed E-state index contributed by atoms with van der Waals surface area (Å²) in [4.78, 5) is 28.6. The molecule has 144 valence electrons. The molecule has 6 nitrogen and oxygen atoms in total. The SMILES string of the molecule is COc1cccc(CCC(=O)N2CCCN(C(=O)NC(C)(C)C)CC2)c1. The molecule has 1 fully saturated rings.